The van der Waals surface area contributed by atoms with Crippen molar-refractivity contribution in [3.05, 3.63) is 41.2 Å². The Morgan fingerprint density at radius 1 is 1.30 bits per heavy atom. The van der Waals surface area contributed by atoms with Crippen molar-refractivity contribution in [2.24, 2.45) is 11.8 Å². The summed E-state index contributed by atoms with van der Waals surface area (Å²) in [4.78, 5) is 10.9. The van der Waals surface area contributed by atoms with Gasteiger partial charge in [-0.2, -0.15) is 13.2 Å². The van der Waals surface area contributed by atoms with Gasteiger partial charge in [0.1, 0.15) is 5.82 Å². The predicted octanol–water partition coefficient (Wildman–Crippen LogP) is 4.21. The minimum atomic E-state index is -4.61. The summed E-state index contributed by atoms with van der Waals surface area (Å²) in [5, 5.41) is 8.95. The Morgan fingerprint density at radius 2 is 1.90 bits per heavy atom. The maximum absolute atomic E-state index is 13.5. The zero-order valence-corrected chi connectivity index (χ0v) is 10.9. The Bertz CT molecular complexity index is 518. The smallest absolute Gasteiger partial charge is 0.416 e. The normalized spacial score (nSPS) is 13.9. The van der Waals surface area contributed by atoms with Crippen LogP contribution in [0.25, 0.3) is 6.08 Å². The summed E-state index contributed by atoms with van der Waals surface area (Å²) in [7, 11) is 0. The largest absolute Gasteiger partial charge is 0.481 e. The van der Waals surface area contributed by atoms with Crippen molar-refractivity contribution in [1.82, 2.24) is 0 Å². The van der Waals surface area contributed by atoms with Gasteiger partial charge in [0.15, 0.2) is 0 Å². The number of rotatable bonds is 4. The number of hydrogen-bond donors (Lipinski definition) is 1. The standard InChI is InChI=1S/C14H14F4O2/c1-8(2)11(13(19)20)6-4-9-3-5-10(7-12(9)15)14(16,17)18/h3-8,11H,1-2H3,(H,19,20). The summed E-state index contributed by atoms with van der Waals surface area (Å²) in [6, 6.07) is 2.13. The zero-order chi connectivity index (χ0) is 15.5. The number of hydrogen-bond acceptors (Lipinski definition) is 1. The molecule has 6 heteroatoms. The van der Waals surface area contributed by atoms with Crippen LogP contribution in [0.4, 0.5) is 17.6 Å². The highest BCUT2D eigenvalue weighted by atomic mass is 19.4. The lowest BCUT2D eigenvalue weighted by molar-refractivity contribution is -0.141. The first kappa shape index (κ1) is 16.2. The van der Waals surface area contributed by atoms with Crippen LogP contribution in [-0.2, 0) is 11.0 Å². The number of carboxylic acids is 1. The molecule has 0 aliphatic carbocycles. The molecule has 0 bridgehead atoms. The van der Waals surface area contributed by atoms with Crippen LogP contribution in [0.2, 0.25) is 0 Å². The van der Waals surface area contributed by atoms with Gasteiger partial charge < -0.3 is 5.11 Å². The lowest BCUT2D eigenvalue weighted by Crippen LogP contribution is -2.16. The number of carbonyl (C=O) groups is 1. The molecule has 0 saturated heterocycles. The van der Waals surface area contributed by atoms with Crippen molar-refractivity contribution in [2.45, 2.75) is 20.0 Å². The van der Waals surface area contributed by atoms with Gasteiger partial charge in [0.05, 0.1) is 11.5 Å². The molecule has 1 aromatic rings. The van der Waals surface area contributed by atoms with E-state index in [2.05, 4.69) is 0 Å². The van der Waals surface area contributed by atoms with Crippen molar-refractivity contribution in [3.63, 3.8) is 0 Å². The molecule has 20 heavy (non-hydrogen) atoms. The van der Waals surface area contributed by atoms with Crippen LogP contribution in [0.3, 0.4) is 0 Å². The van der Waals surface area contributed by atoms with Gasteiger partial charge in [-0.15, -0.1) is 0 Å². The van der Waals surface area contributed by atoms with Crippen LogP contribution >= 0.6 is 0 Å². The highest BCUT2D eigenvalue weighted by Crippen LogP contribution is 2.30. The Morgan fingerprint density at radius 3 is 2.30 bits per heavy atom. The molecule has 2 nitrogen and oxygen atoms in total. The number of benzene rings is 1. The molecule has 0 aliphatic rings. The molecule has 0 radical (unpaired) electrons. The third kappa shape index (κ3) is 4.08. The van der Waals surface area contributed by atoms with Gasteiger partial charge in [0, 0.05) is 5.56 Å². The summed E-state index contributed by atoms with van der Waals surface area (Å²) in [6.07, 6.45) is -2.14. The minimum Gasteiger partial charge on any atom is -0.481 e. The van der Waals surface area contributed by atoms with E-state index in [1.807, 2.05) is 0 Å². The minimum absolute atomic E-state index is 0.0788. The molecule has 110 valence electrons. The number of alkyl halides is 3. The van der Waals surface area contributed by atoms with Crippen LogP contribution < -0.4 is 0 Å². The molecule has 0 amide bonds. The summed E-state index contributed by atoms with van der Waals surface area (Å²) in [5.74, 6) is -3.13. The first-order valence-corrected chi connectivity index (χ1v) is 5.90. The summed E-state index contributed by atoms with van der Waals surface area (Å²) in [5.41, 5.74) is -1.16. The van der Waals surface area contributed by atoms with E-state index in [1.165, 1.54) is 12.2 Å². The molecule has 1 aromatic carbocycles. The second kappa shape index (κ2) is 6.07. The van der Waals surface area contributed by atoms with Crippen molar-refractivity contribution < 1.29 is 27.5 Å². The number of aliphatic carboxylic acids is 1. The molecule has 0 fully saturated rings. The molecule has 0 saturated carbocycles. The molecular formula is C14H14F4O2. The lowest BCUT2D eigenvalue weighted by atomic mass is 9.95. The topological polar surface area (TPSA) is 37.3 Å². The molecular weight excluding hydrogens is 276 g/mol. The second-order valence-corrected chi connectivity index (χ2v) is 4.70. The summed E-state index contributed by atoms with van der Waals surface area (Å²) < 4.78 is 50.6. The number of carboxylic acid groups (broad SMARTS) is 1. The van der Waals surface area contributed by atoms with Crippen LogP contribution in [0.5, 0.6) is 0 Å². The Labute approximate surface area is 113 Å². The molecule has 0 heterocycles. The molecule has 1 unspecified atom stereocenters. The third-order valence-electron chi connectivity index (χ3n) is 2.81. The van der Waals surface area contributed by atoms with Gasteiger partial charge in [-0.1, -0.05) is 32.1 Å². The predicted molar refractivity (Wildman–Crippen MR) is 66.4 cm³/mol. The van der Waals surface area contributed by atoms with Crippen molar-refractivity contribution in [2.75, 3.05) is 0 Å². The van der Waals surface area contributed by atoms with Crippen LogP contribution in [0.15, 0.2) is 24.3 Å². The van der Waals surface area contributed by atoms with Gasteiger partial charge in [-0.3, -0.25) is 4.79 Å². The van der Waals surface area contributed by atoms with E-state index in [4.69, 9.17) is 5.11 Å². The van der Waals surface area contributed by atoms with Crippen LogP contribution in [0, 0.1) is 17.7 Å². The van der Waals surface area contributed by atoms with E-state index < -0.39 is 29.4 Å². The Hall–Kier alpha value is -1.85. The van der Waals surface area contributed by atoms with E-state index in [0.717, 1.165) is 12.1 Å². The van der Waals surface area contributed by atoms with Gasteiger partial charge >= 0.3 is 12.1 Å². The van der Waals surface area contributed by atoms with E-state index >= 15 is 0 Å². The third-order valence-corrected chi connectivity index (χ3v) is 2.81. The maximum atomic E-state index is 13.5. The van der Waals surface area contributed by atoms with Crippen molar-refractivity contribution >= 4 is 12.0 Å². The van der Waals surface area contributed by atoms with Gasteiger partial charge in [-0.05, 0) is 18.1 Å². The summed E-state index contributed by atoms with van der Waals surface area (Å²) >= 11 is 0. The van der Waals surface area contributed by atoms with E-state index in [9.17, 15) is 22.4 Å². The fourth-order valence-electron chi connectivity index (χ4n) is 1.64. The van der Waals surface area contributed by atoms with Gasteiger partial charge in [0.25, 0.3) is 0 Å². The van der Waals surface area contributed by atoms with E-state index in [1.54, 1.807) is 13.8 Å². The SMILES string of the molecule is CC(C)C(C=Cc1ccc(C(F)(F)F)cc1F)C(=O)O. The first-order valence-electron chi connectivity index (χ1n) is 5.90. The van der Waals surface area contributed by atoms with E-state index in [0.29, 0.717) is 6.07 Å². The highest BCUT2D eigenvalue weighted by molar-refractivity contribution is 5.74. The monoisotopic (exact) mass is 290 g/mol. The quantitative estimate of drug-likeness (QED) is 0.843. The number of halogens is 4. The lowest BCUT2D eigenvalue weighted by Gasteiger charge is -2.11. The molecule has 1 N–H and O–H groups in total. The molecule has 0 spiro atoms. The van der Waals surface area contributed by atoms with Gasteiger partial charge in [-0.25, -0.2) is 4.39 Å². The Kier molecular flexibility index (Phi) is 4.92. The molecule has 0 aliphatic heterocycles. The fourth-order valence-corrected chi connectivity index (χ4v) is 1.64. The maximum Gasteiger partial charge on any atom is 0.416 e. The zero-order valence-electron chi connectivity index (χ0n) is 10.9. The Balaban J connectivity index is 3.02. The second-order valence-electron chi connectivity index (χ2n) is 4.70. The molecule has 1 atom stereocenters. The first-order chi connectivity index (χ1) is 9.12. The van der Waals surface area contributed by atoms with Crippen molar-refractivity contribution in [3.8, 4) is 0 Å². The van der Waals surface area contributed by atoms with Crippen LogP contribution in [0.1, 0.15) is 25.0 Å². The molecule has 0 aromatic heterocycles. The molecule has 1 rings (SSSR count). The van der Waals surface area contributed by atoms with Crippen LogP contribution in [-0.4, -0.2) is 11.1 Å². The fraction of sp³-hybridized carbons (Fsp3) is 0.357. The summed E-state index contributed by atoms with van der Waals surface area (Å²) in [6.45, 7) is 3.37. The average molecular weight is 290 g/mol. The average Bonchev–Trinajstić information content (AvgIpc) is 2.28. The van der Waals surface area contributed by atoms with Gasteiger partial charge in [0.2, 0.25) is 0 Å². The van der Waals surface area contributed by atoms with E-state index in [-0.39, 0.29) is 11.5 Å². The van der Waals surface area contributed by atoms with Crippen molar-refractivity contribution in [1.29, 1.82) is 0 Å². The highest BCUT2D eigenvalue weighted by Gasteiger charge is 2.31.